The van der Waals surface area contributed by atoms with Gasteiger partial charge in [0, 0.05) is 16.8 Å². The first-order valence-corrected chi connectivity index (χ1v) is 9.93. The SMILES string of the molecule is COc1ccccc1C(C#N)NC(=O)Cc1c(C)nn(-c2ccc(Cl)c(Cl)c2)c1C. The molecule has 30 heavy (non-hydrogen) atoms. The minimum Gasteiger partial charge on any atom is -0.496 e. The number of rotatable bonds is 6. The van der Waals surface area contributed by atoms with Crippen molar-refractivity contribution in [3.05, 3.63) is 75.0 Å². The highest BCUT2D eigenvalue weighted by Crippen LogP contribution is 2.27. The fourth-order valence-corrected chi connectivity index (χ4v) is 3.55. The van der Waals surface area contributed by atoms with Crippen molar-refractivity contribution >= 4 is 29.1 Å². The van der Waals surface area contributed by atoms with E-state index >= 15 is 0 Å². The molecule has 0 fully saturated rings. The summed E-state index contributed by atoms with van der Waals surface area (Å²) >= 11 is 12.1. The molecule has 0 aliphatic heterocycles. The van der Waals surface area contributed by atoms with Crippen molar-refractivity contribution in [3.63, 3.8) is 0 Å². The molecule has 0 aliphatic rings. The van der Waals surface area contributed by atoms with E-state index in [9.17, 15) is 10.1 Å². The fourth-order valence-electron chi connectivity index (χ4n) is 3.26. The number of methoxy groups -OCH3 is 1. The molecule has 1 atom stereocenters. The quantitative estimate of drug-likeness (QED) is 0.598. The number of halogens is 2. The molecular formula is C22H20Cl2N4O2. The standard InChI is InChI=1S/C22H20Cl2N4O2/c1-13-17(14(2)28(27-13)15-8-9-18(23)19(24)10-15)11-22(29)26-20(12-25)16-6-4-5-7-21(16)30-3/h4-10,20H,11H2,1-3H3,(H,26,29). The molecule has 2 aromatic carbocycles. The molecule has 1 heterocycles. The van der Waals surface area contributed by atoms with Crippen molar-refractivity contribution in [1.82, 2.24) is 15.1 Å². The van der Waals surface area contributed by atoms with E-state index in [1.165, 1.54) is 7.11 Å². The summed E-state index contributed by atoms with van der Waals surface area (Å²) in [6.45, 7) is 3.72. The second-order valence-corrected chi connectivity index (χ2v) is 7.52. The van der Waals surface area contributed by atoms with Gasteiger partial charge in [0.2, 0.25) is 5.91 Å². The number of ether oxygens (including phenoxy) is 1. The largest absolute Gasteiger partial charge is 0.496 e. The number of nitriles is 1. The Morgan fingerprint density at radius 1 is 1.23 bits per heavy atom. The van der Waals surface area contributed by atoms with Crippen LogP contribution in [0.2, 0.25) is 10.0 Å². The van der Waals surface area contributed by atoms with Gasteiger partial charge in [-0.1, -0.05) is 41.4 Å². The maximum Gasteiger partial charge on any atom is 0.225 e. The lowest BCUT2D eigenvalue weighted by Crippen LogP contribution is -2.29. The maximum atomic E-state index is 12.7. The van der Waals surface area contributed by atoms with Gasteiger partial charge in [-0.2, -0.15) is 10.4 Å². The van der Waals surface area contributed by atoms with Gasteiger partial charge in [0.15, 0.2) is 0 Å². The number of nitrogens with zero attached hydrogens (tertiary/aromatic N) is 3. The van der Waals surface area contributed by atoms with E-state index in [0.717, 1.165) is 22.6 Å². The first kappa shape index (κ1) is 21.7. The topological polar surface area (TPSA) is 79.9 Å². The Morgan fingerprint density at radius 3 is 2.63 bits per heavy atom. The van der Waals surface area contributed by atoms with E-state index in [-0.39, 0.29) is 12.3 Å². The van der Waals surface area contributed by atoms with E-state index in [2.05, 4.69) is 16.5 Å². The van der Waals surface area contributed by atoms with Gasteiger partial charge in [-0.25, -0.2) is 4.68 Å². The van der Waals surface area contributed by atoms with Gasteiger partial charge < -0.3 is 10.1 Å². The molecule has 1 amide bonds. The lowest BCUT2D eigenvalue weighted by Gasteiger charge is -2.15. The Morgan fingerprint density at radius 2 is 1.97 bits per heavy atom. The van der Waals surface area contributed by atoms with Gasteiger partial charge in [0.05, 0.1) is 41.0 Å². The van der Waals surface area contributed by atoms with Gasteiger partial charge in [-0.3, -0.25) is 4.79 Å². The average Bonchev–Trinajstić information content (AvgIpc) is 3.02. The summed E-state index contributed by atoms with van der Waals surface area (Å²) in [6, 6.07) is 13.6. The van der Waals surface area contributed by atoms with Crippen molar-refractivity contribution in [3.8, 4) is 17.5 Å². The Balaban J connectivity index is 1.82. The maximum absolute atomic E-state index is 12.7. The Kier molecular flexibility index (Phi) is 6.66. The summed E-state index contributed by atoms with van der Waals surface area (Å²) in [7, 11) is 1.53. The lowest BCUT2D eigenvalue weighted by molar-refractivity contribution is -0.120. The number of para-hydroxylation sites is 1. The number of carbonyl (C=O) groups is 1. The molecule has 0 bridgehead atoms. The first-order chi connectivity index (χ1) is 14.3. The highest BCUT2D eigenvalue weighted by atomic mass is 35.5. The highest BCUT2D eigenvalue weighted by Gasteiger charge is 2.21. The van der Waals surface area contributed by atoms with Crippen LogP contribution in [0.1, 0.15) is 28.6 Å². The van der Waals surface area contributed by atoms with Crippen molar-refractivity contribution < 1.29 is 9.53 Å². The molecule has 154 valence electrons. The van der Waals surface area contributed by atoms with E-state index in [0.29, 0.717) is 21.4 Å². The molecule has 6 nitrogen and oxygen atoms in total. The predicted molar refractivity (Wildman–Crippen MR) is 116 cm³/mol. The minimum atomic E-state index is -0.820. The monoisotopic (exact) mass is 442 g/mol. The second-order valence-electron chi connectivity index (χ2n) is 6.71. The molecule has 0 radical (unpaired) electrons. The smallest absolute Gasteiger partial charge is 0.225 e. The van der Waals surface area contributed by atoms with Gasteiger partial charge in [0.1, 0.15) is 11.8 Å². The zero-order chi connectivity index (χ0) is 21.8. The van der Waals surface area contributed by atoms with Crippen molar-refractivity contribution in [2.75, 3.05) is 7.11 Å². The normalized spacial score (nSPS) is 11.6. The summed E-state index contributed by atoms with van der Waals surface area (Å²) in [5.41, 5.74) is 3.68. The number of aromatic nitrogens is 2. The fraction of sp³-hybridized carbons (Fsp3) is 0.227. The molecule has 1 aromatic heterocycles. The number of nitrogens with one attached hydrogen (secondary N) is 1. The molecule has 0 aliphatic carbocycles. The molecule has 1 N–H and O–H groups in total. The summed E-state index contributed by atoms with van der Waals surface area (Å²) < 4.78 is 7.02. The summed E-state index contributed by atoms with van der Waals surface area (Å²) in [5, 5.41) is 17.8. The summed E-state index contributed by atoms with van der Waals surface area (Å²) in [5.74, 6) is 0.261. The minimum absolute atomic E-state index is 0.0896. The van der Waals surface area contributed by atoms with Crippen LogP contribution in [0.25, 0.3) is 5.69 Å². The third-order valence-electron chi connectivity index (χ3n) is 4.81. The zero-order valence-electron chi connectivity index (χ0n) is 16.7. The highest BCUT2D eigenvalue weighted by molar-refractivity contribution is 6.42. The molecule has 1 unspecified atom stereocenters. The van der Waals surface area contributed by atoms with Gasteiger partial charge in [-0.15, -0.1) is 0 Å². The second kappa shape index (κ2) is 9.21. The van der Waals surface area contributed by atoms with Crippen LogP contribution in [0, 0.1) is 25.2 Å². The van der Waals surface area contributed by atoms with Crippen LogP contribution >= 0.6 is 23.2 Å². The van der Waals surface area contributed by atoms with Crippen LogP contribution in [-0.2, 0) is 11.2 Å². The van der Waals surface area contributed by atoms with Crippen molar-refractivity contribution in [2.24, 2.45) is 0 Å². The van der Waals surface area contributed by atoms with Crippen LogP contribution in [-0.4, -0.2) is 22.8 Å². The third kappa shape index (κ3) is 4.43. The van der Waals surface area contributed by atoms with Crippen molar-refractivity contribution in [2.45, 2.75) is 26.3 Å². The number of hydrogen-bond donors (Lipinski definition) is 1. The molecule has 0 saturated carbocycles. The third-order valence-corrected chi connectivity index (χ3v) is 5.55. The number of hydrogen-bond acceptors (Lipinski definition) is 4. The number of amides is 1. The van der Waals surface area contributed by atoms with E-state index in [1.807, 2.05) is 26.0 Å². The van der Waals surface area contributed by atoms with Crippen LogP contribution in [0.3, 0.4) is 0 Å². The van der Waals surface area contributed by atoms with Crippen molar-refractivity contribution in [1.29, 1.82) is 5.26 Å². The molecule has 0 saturated heterocycles. The van der Waals surface area contributed by atoms with Crippen LogP contribution in [0.5, 0.6) is 5.75 Å². The van der Waals surface area contributed by atoms with E-state index in [1.54, 1.807) is 35.0 Å². The Hall–Kier alpha value is -3.01. The lowest BCUT2D eigenvalue weighted by atomic mass is 10.1. The molecular weight excluding hydrogens is 423 g/mol. The zero-order valence-corrected chi connectivity index (χ0v) is 18.3. The van der Waals surface area contributed by atoms with E-state index in [4.69, 9.17) is 27.9 Å². The first-order valence-electron chi connectivity index (χ1n) is 9.18. The average molecular weight is 443 g/mol. The molecule has 0 spiro atoms. The Labute approximate surface area is 185 Å². The Bertz CT molecular complexity index is 1130. The summed E-state index contributed by atoms with van der Waals surface area (Å²) in [4.78, 5) is 12.7. The van der Waals surface area contributed by atoms with Gasteiger partial charge in [-0.05, 0) is 38.1 Å². The summed E-state index contributed by atoms with van der Waals surface area (Å²) in [6.07, 6.45) is 0.0896. The van der Waals surface area contributed by atoms with Crippen LogP contribution < -0.4 is 10.1 Å². The molecule has 3 aromatic rings. The number of carbonyl (C=O) groups excluding carboxylic acids is 1. The molecule has 3 rings (SSSR count). The van der Waals surface area contributed by atoms with Crippen LogP contribution in [0.4, 0.5) is 0 Å². The number of aryl methyl sites for hydroxylation is 1. The number of benzene rings is 2. The van der Waals surface area contributed by atoms with E-state index < -0.39 is 6.04 Å². The van der Waals surface area contributed by atoms with Crippen LogP contribution in [0.15, 0.2) is 42.5 Å². The predicted octanol–water partition coefficient (Wildman–Crippen LogP) is 4.73. The molecule has 8 heteroatoms. The van der Waals surface area contributed by atoms with Gasteiger partial charge >= 0.3 is 0 Å². The van der Waals surface area contributed by atoms with Gasteiger partial charge in [0.25, 0.3) is 0 Å².